The van der Waals surface area contributed by atoms with Gasteiger partial charge in [0, 0.05) is 29.8 Å². The van der Waals surface area contributed by atoms with Crippen molar-refractivity contribution in [2.24, 2.45) is 5.92 Å². The summed E-state index contributed by atoms with van der Waals surface area (Å²) in [4.78, 5) is 15.1. The normalized spacial score (nSPS) is 24.8. The summed E-state index contributed by atoms with van der Waals surface area (Å²) in [5.74, 6) is 0.854. The first kappa shape index (κ1) is 14.7. The van der Waals surface area contributed by atoms with Crippen LogP contribution in [0, 0.1) is 5.92 Å². The van der Waals surface area contributed by atoms with Crippen molar-refractivity contribution >= 4 is 23.2 Å². The van der Waals surface area contributed by atoms with E-state index in [1.54, 1.807) is 6.07 Å². The van der Waals surface area contributed by atoms with Crippen LogP contribution in [-0.2, 0) is 0 Å². The molecule has 0 radical (unpaired) electrons. The van der Waals surface area contributed by atoms with Crippen LogP contribution >= 0.6 is 11.6 Å². The first-order valence-electron chi connectivity index (χ1n) is 8.05. The first-order chi connectivity index (χ1) is 10.2. The van der Waals surface area contributed by atoms with Crippen molar-refractivity contribution in [1.29, 1.82) is 0 Å². The molecule has 2 aliphatic rings. The Balaban J connectivity index is 1.86. The lowest BCUT2D eigenvalue weighted by atomic mass is 9.85. The van der Waals surface area contributed by atoms with E-state index in [0.29, 0.717) is 17.0 Å². The molecule has 0 bridgehead atoms. The van der Waals surface area contributed by atoms with Gasteiger partial charge in [-0.1, -0.05) is 24.4 Å². The van der Waals surface area contributed by atoms with Gasteiger partial charge in [0.15, 0.2) is 0 Å². The Kier molecular flexibility index (Phi) is 4.39. The lowest BCUT2D eigenvalue weighted by Crippen LogP contribution is -2.39. The van der Waals surface area contributed by atoms with Gasteiger partial charge in [0.05, 0.1) is 5.56 Å². The maximum atomic E-state index is 13.0. The van der Waals surface area contributed by atoms with Crippen LogP contribution in [0.25, 0.3) is 0 Å². The van der Waals surface area contributed by atoms with Gasteiger partial charge >= 0.3 is 0 Å². The van der Waals surface area contributed by atoms with Gasteiger partial charge in [0.1, 0.15) is 0 Å². The van der Waals surface area contributed by atoms with Gasteiger partial charge in [0.2, 0.25) is 0 Å². The van der Waals surface area contributed by atoms with Crippen LogP contribution in [0.4, 0.5) is 5.69 Å². The Labute approximate surface area is 131 Å². The Morgan fingerprint density at radius 1 is 1.33 bits per heavy atom. The first-order valence-corrected chi connectivity index (χ1v) is 8.43. The van der Waals surface area contributed by atoms with Crippen molar-refractivity contribution in [3.05, 3.63) is 28.8 Å². The molecule has 1 heterocycles. The summed E-state index contributed by atoms with van der Waals surface area (Å²) in [5.41, 5.74) is 1.61. The summed E-state index contributed by atoms with van der Waals surface area (Å²) in [5, 5.41) is 3.90. The van der Waals surface area contributed by atoms with Crippen molar-refractivity contribution in [3.63, 3.8) is 0 Å². The lowest BCUT2D eigenvalue weighted by molar-refractivity contribution is 0.0691. The highest BCUT2D eigenvalue weighted by molar-refractivity contribution is 6.31. The van der Waals surface area contributed by atoms with Crippen LogP contribution in [0.3, 0.4) is 0 Å². The summed E-state index contributed by atoms with van der Waals surface area (Å²) in [6.07, 6.45) is 6.18. The molecule has 1 aliphatic heterocycles. The average Bonchev–Trinajstić information content (AvgIpc) is 2.92. The van der Waals surface area contributed by atoms with Gasteiger partial charge in [-0.05, 0) is 50.3 Å². The smallest absolute Gasteiger partial charge is 0.256 e. The monoisotopic (exact) mass is 306 g/mol. The third-order valence-electron chi connectivity index (χ3n) is 4.85. The number of fused-ring (bicyclic) bond motifs is 1. The summed E-state index contributed by atoms with van der Waals surface area (Å²) in [6, 6.07) is 6.00. The van der Waals surface area contributed by atoms with Gasteiger partial charge in [-0.3, -0.25) is 4.79 Å². The molecule has 4 heteroatoms. The number of benzene rings is 1. The number of amides is 1. The van der Waals surface area contributed by atoms with E-state index in [4.69, 9.17) is 11.6 Å². The van der Waals surface area contributed by atoms with E-state index in [9.17, 15) is 4.79 Å². The van der Waals surface area contributed by atoms with Crippen molar-refractivity contribution in [1.82, 2.24) is 4.90 Å². The molecular weight excluding hydrogens is 284 g/mol. The minimum Gasteiger partial charge on any atom is -0.385 e. The van der Waals surface area contributed by atoms with Crippen LogP contribution in [-0.4, -0.2) is 29.9 Å². The highest BCUT2D eigenvalue weighted by Gasteiger charge is 2.38. The average molecular weight is 307 g/mol. The Morgan fingerprint density at radius 3 is 2.95 bits per heavy atom. The molecular formula is C17H23ClN2O. The summed E-state index contributed by atoms with van der Waals surface area (Å²) < 4.78 is 0. The molecule has 2 unspecified atom stereocenters. The number of rotatable bonds is 3. The maximum Gasteiger partial charge on any atom is 0.256 e. The zero-order valence-electron chi connectivity index (χ0n) is 12.6. The Bertz CT molecular complexity index is 532. The molecule has 1 aliphatic carbocycles. The van der Waals surface area contributed by atoms with Crippen molar-refractivity contribution < 1.29 is 4.79 Å². The maximum absolute atomic E-state index is 13.0. The van der Waals surface area contributed by atoms with Crippen LogP contribution in [0.2, 0.25) is 5.02 Å². The van der Waals surface area contributed by atoms with Gasteiger partial charge in [0.25, 0.3) is 5.91 Å². The quantitative estimate of drug-likeness (QED) is 0.908. The van der Waals surface area contributed by atoms with Crippen molar-refractivity contribution in [2.75, 3.05) is 18.4 Å². The van der Waals surface area contributed by atoms with Crippen LogP contribution in [0.5, 0.6) is 0 Å². The number of nitrogens with one attached hydrogen (secondary N) is 1. The number of nitrogens with zero attached hydrogens (tertiary/aromatic N) is 1. The largest absolute Gasteiger partial charge is 0.385 e. The molecule has 3 rings (SSSR count). The zero-order valence-corrected chi connectivity index (χ0v) is 13.3. The fraction of sp³-hybridized carbons (Fsp3) is 0.588. The molecule has 21 heavy (non-hydrogen) atoms. The minimum atomic E-state index is 0.142. The Morgan fingerprint density at radius 2 is 2.14 bits per heavy atom. The number of carbonyl (C=O) groups excluding carboxylic acids is 1. The topological polar surface area (TPSA) is 32.3 Å². The molecule has 2 fully saturated rings. The number of carbonyl (C=O) groups is 1. The predicted molar refractivity (Wildman–Crippen MR) is 87.0 cm³/mol. The number of hydrogen-bond acceptors (Lipinski definition) is 2. The molecule has 0 spiro atoms. The van der Waals surface area contributed by atoms with E-state index in [1.807, 2.05) is 19.1 Å². The molecule has 114 valence electrons. The summed E-state index contributed by atoms with van der Waals surface area (Å²) in [7, 11) is 0. The van der Waals surface area contributed by atoms with E-state index >= 15 is 0 Å². The lowest BCUT2D eigenvalue weighted by Gasteiger charge is -2.32. The van der Waals surface area contributed by atoms with Crippen LogP contribution in [0.1, 0.15) is 49.4 Å². The molecule has 1 aromatic rings. The van der Waals surface area contributed by atoms with Crippen molar-refractivity contribution in [3.8, 4) is 0 Å². The van der Waals surface area contributed by atoms with E-state index in [1.165, 1.54) is 19.3 Å². The molecule has 1 N–H and O–H groups in total. The van der Waals surface area contributed by atoms with Crippen LogP contribution in [0.15, 0.2) is 18.2 Å². The second-order valence-corrected chi connectivity index (χ2v) is 6.56. The van der Waals surface area contributed by atoms with Crippen molar-refractivity contribution in [2.45, 2.75) is 45.1 Å². The van der Waals surface area contributed by atoms with Gasteiger partial charge < -0.3 is 10.2 Å². The van der Waals surface area contributed by atoms with Gasteiger partial charge in [-0.25, -0.2) is 0 Å². The van der Waals surface area contributed by atoms with E-state index in [0.717, 1.165) is 37.2 Å². The number of hydrogen-bond donors (Lipinski definition) is 1. The second kappa shape index (κ2) is 6.27. The number of halogens is 1. The third kappa shape index (κ3) is 2.89. The molecule has 2 atom stereocenters. The number of anilines is 1. The molecule has 3 nitrogen and oxygen atoms in total. The SMILES string of the molecule is CCNc1ccc(Cl)cc1C(=O)N1CCC2CCCCC21. The minimum absolute atomic E-state index is 0.142. The molecule has 1 saturated carbocycles. The summed E-state index contributed by atoms with van der Waals surface area (Å²) in [6.45, 7) is 3.73. The second-order valence-electron chi connectivity index (χ2n) is 6.12. The van der Waals surface area contributed by atoms with Crippen LogP contribution < -0.4 is 5.32 Å². The van der Waals surface area contributed by atoms with E-state index in [2.05, 4.69) is 10.2 Å². The van der Waals surface area contributed by atoms with E-state index in [-0.39, 0.29) is 5.91 Å². The molecule has 1 saturated heterocycles. The predicted octanol–water partition coefficient (Wildman–Crippen LogP) is 4.18. The highest BCUT2D eigenvalue weighted by Crippen LogP contribution is 2.37. The molecule has 1 amide bonds. The fourth-order valence-corrected chi connectivity index (χ4v) is 4.02. The van der Waals surface area contributed by atoms with Gasteiger partial charge in [-0.15, -0.1) is 0 Å². The Hall–Kier alpha value is -1.22. The fourth-order valence-electron chi connectivity index (χ4n) is 3.85. The standard InChI is InChI=1S/C17H23ClN2O/c1-2-19-15-8-7-13(18)11-14(15)17(21)20-10-9-12-5-3-4-6-16(12)20/h7-8,11-12,16,19H,2-6,9-10H2,1H3. The molecule has 1 aromatic carbocycles. The van der Waals surface area contributed by atoms with Gasteiger partial charge in [-0.2, -0.15) is 0 Å². The highest BCUT2D eigenvalue weighted by atomic mass is 35.5. The van der Waals surface area contributed by atoms with E-state index < -0.39 is 0 Å². The number of likely N-dealkylation sites (tertiary alicyclic amines) is 1. The third-order valence-corrected chi connectivity index (χ3v) is 5.09. The molecule has 0 aromatic heterocycles. The zero-order chi connectivity index (χ0) is 14.8. The summed E-state index contributed by atoms with van der Waals surface area (Å²) >= 11 is 6.11.